The molecule has 6 rings (SSSR count). The largest absolute Gasteiger partial charge is 0.456 e. The number of hydrogen-bond donors (Lipinski definition) is 4. The summed E-state index contributed by atoms with van der Waals surface area (Å²) in [5, 5.41) is 39.1. The standard InChI is InChI=1S/C48H55NO14/c1-27-34(62-44(57)39(53)38(31-17-11-8-12-18-31)49-42(55)32-19-13-9-14-20-32)24-48(58,28(2)60-43(56)33-21-15-10-16-22-33)45(5,6)37(27)40(61-29(3)50)41(54)46(7)25-47(63-30(4)51)26-59-36(47)23-35(46)52/h8-22,28,34-36,38-40,52-53,58H,23-26H2,1-7H3,(H,49,55)/t28-,34-,35-,36+,38-,39+,40+,46-,47-,48+/m0/s1. The maximum Gasteiger partial charge on any atom is 0.338 e. The third-order valence-corrected chi connectivity index (χ3v) is 13.1. The number of ether oxygens (including phenoxy) is 5. The summed E-state index contributed by atoms with van der Waals surface area (Å²) in [6.45, 7) is 9.82. The molecule has 3 aromatic rings. The number of hydrogen-bond acceptors (Lipinski definition) is 14. The normalized spacial score (nSPS) is 28.1. The molecule has 1 saturated carbocycles. The Morgan fingerprint density at radius 2 is 1.40 bits per heavy atom. The van der Waals surface area contributed by atoms with Crippen molar-refractivity contribution in [3.05, 3.63) is 119 Å². The van der Waals surface area contributed by atoms with Crippen LogP contribution in [-0.2, 0) is 42.9 Å². The number of aliphatic hydroxyl groups excluding tert-OH is 2. The molecule has 1 amide bonds. The Labute approximate surface area is 365 Å². The van der Waals surface area contributed by atoms with Crippen LogP contribution in [0.1, 0.15) is 100 Å². The number of carbonyl (C=O) groups is 6. The van der Waals surface area contributed by atoms with E-state index in [2.05, 4.69) is 5.32 Å². The van der Waals surface area contributed by atoms with E-state index in [0.29, 0.717) is 5.56 Å². The van der Waals surface area contributed by atoms with Crippen molar-refractivity contribution in [2.45, 2.75) is 122 Å². The molecule has 0 unspecified atom stereocenters. The first-order valence-electron chi connectivity index (χ1n) is 20.8. The molecule has 63 heavy (non-hydrogen) atoms. The Morgan fingerprint density at radius 1 is 0.825 bits per heavy atom. The number of rotatable bonds is 14. The number of benzene rings is 3. The van der Waals surface area contributed by atoms with Crippen LogP contribution in [0, 0.1) is 10.8 Å². The summed E-state index contributed by atoms with van der Waals surface area (Å²) in [4.78, 5) is 81.7. The maximum absolute atomic E-state index is 15.2. The van der Waals surface area contributed by atoms with Gasteiger partial charge in [0.05, 0.1) is 29.7 Å². The van der Waals surface area contributed by atoms with Gasteiger partial charge in [-0.1, -0.05) is 80.6 Å². The lowest BCUT2D eigenvalue weighted by molar-refractivity contribution is -0.291. The molecule has 0 aromatic heterocycles. The summed E-state index contributed by atoms with van der Waals surface area (Å²) in [6, 6.07) is 23.2. The van der Waals surface area contributed by atoms with Crippen molar-refractivity contribution in [2.24, 2.45) is 10.8 Å². The van der Waals surface area contributed by atoms with Gasteiger partial charge in [-0.25, -0.2) is 9.59 Å². The Morgan fingerprint density at radius 3 is 1.94 bits per heavy atom. The summed E-state index contributed by atoms with van der Waals surface area (Å²) in [5.41, 5.74) is -5.88. The molecule has 15 nitrogen and oxygen atoms in total. The highest BCUT2D eigenvalue weighted by atomic mass is 16.6. The molecular weight excluding hydrogens is 815 g/mol. The van der Waals surface area contributed by atoms with Crippen molar-refractivity contribution >= 4 is 35.6 Å². The van der Waals surface area contributed by atoms with Crippen LogP contribution in [0.2, 0.25) is 0 Å². The fourth-order valence-corrected chi connectivity index (χ4v) is 9.41. The van der Waals surface area contributed by atoms with Crippen molar-refractivity contribution in [1.82, 2.24) is 5.32 Å². The fraction of sp³-hybridized carbons (Fsp3) is 0.458. The van der Waals surface area contributed by atoms with E-state index in [-0.39, 0.29) is 41.7 Å². The van der Waals surface area contributed by atoms with Gasteiger partial charge in [0.1, 0.15) is 23.9 Å². The van der Waals surface area contributed by atoms with Crippen LogP contribution in [0.4, 0.5) is 0 Å². The summed E-state index contributed by atoms with van der Waals surface area (Å²) in [7, 11) is 0. The lowest BCUT2D eigenvalue weighted by atomic mass is 9.55. The second kappa shape index (κ2) is 18.2. The van der Waals surface area contributed by atoms with Crippen molar-refractivity contribution in [1.29, 1.82) is 0 Å². The van der Waals surface area contributed by atoms with E-state index >= 15 is 4.79 Å². The van der Waals surface area contributed by atoms with Crippen LogP contribution in [-0.4, -0.2) is 105 Å². The quantitative estimate of drug-likeness (QED) is 0.0995. The highest BCUT2D eigenvalue weighted by Crippen LogP contribution is 2.56. The number of fused-ring (bicyclic) bond motifs is 1. The molecule has 1 aliphatic heterocycles. The molecule has 3 aromatic carbocycles. The van der Waals surface area contributed by atoms with Gasteiger partial charge in [0, 0.05) is 44.1 Å². The zero-order chi connectivity index (χ0) is 46.1. The lowest BCUT2D eigenvalue weighted by Gasteiger charge is -2.58. The molecule has 10 atom stereocenters. The first kappa shape index (κ1) is 46.8. The Balaban J connectivity index is 1.43. The number of Topliss-reactive ketones (excluding diaryl/α,β-unsaturated/α-hetero) is 1. The van der Waals surface area contributed by atoms with E-state index in [9.17, 15) is 39.3 Å². The first-order chi connectivity index (χ1) is 29.6. The summed E-state index contributed by atoms with van der Waals surface area (Å²) in [5.74, 6) is -4.93. The Kier molecular flexibility index (Phi) is 13.5. The molecule has 1 saturated heterocycles. The average molecular weight is 870 g/mol. The molecule has 2 fully saturated rings. The smallest absolute Gasteiger partial charge is 0.338 e. The number of esters is 4. The zero-order valence-corrected chi connectivity index (χ0v) is 36.4. The molecule has 3 aliphatic rings. The van der Waals surface area contributed by atoms with E-state index in [4.69, 9.17) is 23.7 Å². The number of carbonyl (C=O) groups excluding carboxylic acids is 6. The summed E-state index contributed by atoms with van der Waals surface area (Å²) >= 11 is 0. The Hall–Kier alpha value is -5.74. The first-order valence-corrected chi connectivity index (χ1v) is 20.8. The van der Waals surface area contributed by atoms with E-state index in [1.165, 1.54) is 39.8 Å². The number of nitrogens with one attached hydrogen (secondary N) is 1. The van der Waals surface area contributed by atoms with E-state index in [1.807, 2.05) is 0 Å². The highest BCUT2D eigenvalue weighted by Gasteiger charge is 2.66. The number of ketones is 1. The molecule has 15 heteroatoms. The van der Waals surface area contributed by atoms with Gasteiger partial charge >= 0.3 is 23.9 Å². The van der Waals surface area contributed by atoms with Gasteiger partial charge in [-0.2, -0.15) is 0 Å². The van der Waals surface area contributed by atoms with Crippen molar-refractivity contribution < 1.29 is 67.8 Å². The van der Waals surface area contributed by atoms with Crippen LogP contribution in [0.25, 0.3) is 0 Å². The van der Waals surface area contributed by atoms with E-state index in [1.54, 1.807) is 92.7 Å². The fourth-order valence-electron chi connectivity index (χ4n) is 9.41. The lowest BCUT2D eigenvalue weighted by Crippen LogP contribution is -2.70. The third kappa shape index (κ3) is 9.05. The SMILES string of the molecule is CC(=O)O[C@@H](C(=O)[C@@]1(C)C[C@]2(OC(C)=O)CO[C@@H]2C[C@@H]1O)C1=C(C)[C@@H](OC(=O)[C@H](O)[C@@H](NC(=O)c2ccccc2)c2ccccc2)C[C@@](O)([C@H](C)OC(=O)c2ccccc2)C1(C)C. The molecule has 2 aliphatic carbocycles. The predicted molar refractivity (Wildman–Crippen MR) is 224 cm³/mol. The van der Waals surface area contributed by atoms with Gasteiger partial charge in [0.2, 0.25) is 0 Å². The molecule has 0 bridgehead atoms. The van der Waals surface area contributed by atoms with Gasteiger partial charge in [0.15, 0.2) is 23.6 Å². The van der Waals surface area contributed by atoms with Gasteiger partial charge in [-0.3, -0.25) is 19.2 Å². The second-order valence-electron chi connectivity index (χ2n) is 17.5. The zero-order valence-electron chi connectivity index (χ0n) is 36.4. The number of amides is 1. The van der Waals surface area contributed by atoms with Crippen molar-refractivity contribution in [2.75, 3.05) is 6.61 Å². The van der Waals surface area contributed by atoms with Crippen molar-refractivity contribution in [3.8, 4) is 0 Å². The number of aliphatic hydroxyl groups is 3. The van der Waals surface area contributed by atoms with Crippen LogP contribution in [0.15, 0.2) is 102 Å². The van der Waals surface area contributed by atoms with E-state index < -0.39 is 107 Å². The molecule has 1 heterocycles. The maximum atomic E-state index is 15.2. The van der Waals surface area contributed by atoms with Gasteiger partial charge in [-0.05, 0) is 61.7 Å². The third-order valence-electron chi connectivity index (χ3n) is 13.1. The highest BCUT2D eigenvalue weighted by molar-refractivity contribution is 5.95. The van der Waals surface area contributed by atoms with Crippen LogP contribution < -0.4 is 5.32 Å². The summed E-state index contributed by atoms with van der Waals surface area (Å²) in [6.07, 6.45) is -9.54. The summed E-state index contributed by atoms with van der Waals surface area (Å²) < 4.78 is 29.2. The van der Waals surface area contributed by atoms with Crippen LogP contribution in [0.5, 0.6) is 0 Å². The minimum Gasteiger partial charge on any atom is -0.456 e. The molecule has 336 valence electrons. The monoisotopic (exact) mass is 869 g/mol. The molecular formula is C48H55NO14. The van der Waals surface area contributed by atoms with Crippen LogP contribution in [0.3, 0.4) is 0 Å². The average Bonchev–Trinajstić information content (AvgIpc) is 3.24. The van der Waals surface area contributed by atoms with Gasteiger partial charge in [-0.15, -0.1) is 0 Å². The second-order valence-corrected chi connectivity index (χ2v) is 17.5. The van der Waals surface area contributed by atoms with Crippen LogP contribution >= 0.6 is 0 Å². The minimum atomic E-state index is -2.20. The van der Waals surface area contributed by atoms with E-state index in [0.717, 1.165) is 6.92 Å². The Bertz CT molecular complexity index is 2250. The van der Waals surface area contributed by atoms with Crippen molar-refractivity contribution in [3.63, 3.8) is 0 Å². The molecule has 0 spiro atoms. The molecule has 4 N–H and O–H groups in total. The van der Waals surface area contributed by atoms with Gasteiger partial charge in [0.25, 0.3) is 5.91 Å². The minimum absolute atomic E-state index is 0.0229. The molecule has 0 radical (unpaired) electrons. The van der Waals surface area contributed by atoms with Gasteiger partial charge < -0.3 is 44.3 Å². The predicted octanol–water partition coefficient (Wildman–Crippen LogP) is 4.52. The topological polar surface area (TPSA) is 221 Å².